The van der Waals surface area contributed by atoms with Crippen LogP contribution in [-0.4, -0.2) is 32.3 Å². The third-order valence-electron chi connectivity index (χ3n) is 2.32. The highest BCUT2D eigenvalue weighted by molar-refractivity contribution is 7.80. The third-order valence-corrected chi connectivity index (χ3v) is 2.80. The Kier molecular flexibility index (Phi) is 6.32. The van der Waals surface area contributed by atoms with E-state index in [4.69, 9.17) is 23.8 Å². The molecule has 0 aliphatic carbocycles. The van der Waals surface area contributed by atoms with Gasteiger partial charge in [-0.15, -0.1) is 0 Å². The van der Waals surface area contributed by atoms with Crippen LogP contribution in [0.5, 0.6) is 0 Å². The van der Waals surface area contributed by atoms with Gasteiger partial charge in [0.05, 0.1) is 26.3 Å². The summed E-state index contributed by atoms with van der Waals surface area (Å²) < 4.78 is 13.5. The van der Waals surface area contributed by atoms with Gasteiger partial charge in [-0.25, -0.2) is 4.39 Å². The molecule has 18 heavy (non-hydrogen) atoms. The van der Waals surface area contributed by atoms with Crippen molar-refractivity contribution in [3.63, 3.8) is 0 Å². The van der Waals surface area contributed by atoms with Gasteiger partial charge >= 0.3 is 0 Å². The molecule has 0 atom stereocenters. The first kappa shape index (κ1) is 15.1. The van der Waals surface area contributed by atoms with Gasteiger partial charge in [0.15, 0.2) is 5.11 Å². The zero-order valence-electron chi connectivity index (χ0n) is 10.5. The molecule has 0 saturated heterocycles. The number of thiocarbonyl (C=S) groups is 1. The van der Waals surface area contributed by atoms with E-state index < -0.39 is 5.82 Å². The molecule has 0 aliphatic rings. The zero-order chi connectivity index (χ0) is 13.5. The molecule has 6 heteroatoms. The van der Waals surface area contributed by atoms with E-state index >= 15 is 0 Å². The van der Waals surface area contributed by atoms with Gasteiger partial charge < -0.3 is 15.5 Å². The molecule has 0 bridgehead atoms. The average molecular weight is 291 g/mol. The van der Waals surface area contributed by atoms with Crippen LogP contribution >= 0.6 is 23.8 Å². The fourth-order valence-electron chi connectivity index (χ4n) is 1.40. The summed E-state index contributed by atoms with van der Waals surface area (Å²) in [5, 5.41) is 6.63. The molecule has 0 saturated carbocycles. The molecule has 0 amide bonds. The van der Waals surface area contributed by atoms with E-state index in [1.807, 2.05) is 0 Å². The first-order chi connectivity index (χ1) is 8.49. The Morgan fingerprint density at radius 3 is 2.78 bits per heavy atom. The van der Waals surface area contributed by atoms with Crippen LogP contribution in [0.2, 0.25) is 5.02 Å². The topological polar surface area (TPSA) is 28.5 Å². The second-order valence-electron chi connectivity index (χ2n) is 4.32. The highest BCUT2D eigenvalue weighted by atomic mass is 35.5. The predicted octanol–water partition coefficient (Wildman–Crippen LogP) is 1.30. The van der Waals surface area contributed by atoms with Gasteiger partial charge in [-0.3, -0.25) is 0 Å². The van der Waals surface area contributed by atoms with Crippen LogP contribution in [0, 0.1) is 5.82 Å². The van der Waals surface area contributed by atoms with Crippen LogP contribution in [-0.2, 0) is 0 Å². The Hall–Kier alpha value is -0.910. The summed E-state index contributed by atoms with van der Waals surface area (Å²) in [4.78, 5) is 1.39. The monoisotopic (exact) mass is 290 g/mol. The third kappa shape index (κ3) is 5.62. The van der Waals surface area contributed by atoms with Gasteiger partial charge in [0, 0.05) is 18.0 Å². The van der Waals surface area contributed by atoms with Crippen molar-refractivity contribution in [2.45, 2.75) is 6.42 Å². The molecule has 0 aromatic heterocycles. The summed E-state index contributed by atoms with van der Waals surface area (Å²) in [7, 11) is 4.19. The molecule has 0 aliphatic heterocycles. The SMILES string of the molecule is C[NH+](C)CCCNC(=S)Nc1ccc(Cl)cc1F. The lowest BCUT2D eigenvalue weighted by atomic mass is 10.3. The van der Waals surface area contributed by atoms with Crippen LogP contribution < -0.4 is 15.5 Å². The molecule has 0 unspecified atom stereocenters. The smallest absolute Gasteiger partial charge is 0.170 e. The highest BCUT2D eigenvalue weighted by Crippen LogP contribution is 2.18. The Bertz CT molecular complexity index is 412. The predicted molar refractivity (Wildman–Crippen MR) is 77.9 cm³/mol. The van der Waals surface area contributed by atoms with E-state index in [0.717, 1.165) is 19.5 Å². The number of nitrogens with one attached hydrogen (secondary N) is 3. The van der Waals surface area contributed by atoms with Crippen LogP contribution in [0.15, 0.2) is 18.2 Å². The maximum Gasteiger partial charge on any atom is 0.170 e. The lowest BCUT2D eigenvalue weighted by Gasteiger charge is -2.12. The summed E-state index contributed by atoms with van der Waals surface area (Å²) in [6.07, 6.45) is 1.01. The van der Waals surface area contributed by atoms with E-state index in [-0.39, 0.29) is 0 Å². The van der Waals surface area contributed by atoms with Crippen molar-refractivity contribution in [2.75, 3.05) is 32.5 Å². The van der Waals surface area contributed by atoms with Crippen molar-refractivity contribution in [1.82, 2.24) is 5.32 Å². The van der Waals surface area contributed by atoms with Gasteiger partial charge in [-0.05, 0) is 30.4 Å². The number of anilines is 1. The minimum Gasteiger partial charge on any atom is -0.362 e. The molecule has 0 spiro atoms. The highest BCUT2D eigenvalue weighted by Gasteiger charge is 2.04. The first-order valence-electron chi connectivity index (χ1n) is 5.78. The van der Waals surface area contributed by atoms with Crippen LogP contribution in [0.4, 0.5) is 10.1 Å². The van der Waals surface area contributed by atoms with E-state index in [2.05, 4.69) is 24.7 Å². The maximum absolute atomic E-state index is 13.5. The molecule has 1 rings (SSSR count). The van der Waals surface area contributed by atoms with Crippen LogP contribution in [0.1, 0.15) is 6.42 Å². The molecule has 3 nitrogen and oxygen atoms in total. The molecular weight excluding hydrogens is 273 g/mol. The van der Waals surface area contributed by atoms with Gasteiger partial charge in [0.25, 0.3) is 0 Å². The summed E-state index contributed by atoms with van der Waals surface area (Å²) in [6.45, 7) is 1.83. The number of benzene rings is 1. The number of quaternary nitrogens is 1. The Morgan fingerprint density at radius 1 is 1.44 bits per heavy atom. The van der Waals surface area contributed by atoms with Gasteiger partial charge in [0.2, 0.25) is 0 Å². The molecule has 0 fully saturated rings. The van der Waals surface area contributed by atoms with Gasteiger partial charge in [0.1, 0.15) is 5.82 Å². The molecule has 1 aromatic rings. The minimum absolute atomic E-state index is 0.329. The standard InChI is InChI=1S/C12H17ClFN3S/c1-17(2)7-3-6-15-12(18)16-11-5-4-9(13)8-10(11)14/h4-5,8H,3,6-7H2,1-2H3,(H2,15,16,18)/p+1. The van der Waals surface area contributed by atoms with Crippen molar-refractivity contribution in [2.24, 2.45) is 0 Å². The van der Waals surface area contributed by atoms with Crippen molar-refractivity contribution in [1.29, 1.82) is 0 Å². The summed E-state index contributed by atoms with van der Waals surface area (Å²) in [5.41, 5.74) is 0.329. The van der Waals surface area contributed by atoms with E-state index in [0.29, 0.717) is 15.8 Å². The quantitative estimate of drug-likeness (QED) is 0.564. The first-order valence-corrected chi connectivity index (χ1v) is 6.56. The van der Waals surface area contributed by atoms with E-state index in [1.165, 1.54) is 11.0 Å². The van der Waals surface area contributed by atoms with Crippen molar-refractivity contribution in [3.05, 3.63) is 29.0 Å². The van der Waals surface area contributed by atoms with E-state index in [1.54, 1.807) is 12.1 Å². The molecule has 3 N–H and O–H groups in total. The fourth-order valence-corrected chi connectivity index (χ4v) is 1.77. The molecule has 0 radical (unpaired) electrons. The Morgan fingerprint density at radius 2 is 2.17 bits per heavy atom. The Labute approximate surface area is 117 Å². The van der Waals surface area contributed by atoms with Crippen LogP contribution in [0.25, 0.3) is 0 Å². The minimum atomic E-state index is -0.413. The van der Waals surface area contributed by atoms with Crippen LogP contribution in [0.3, 0.4) is 0 Å². The zero-order valence-corrected chi connectivity index (χ0v) is 12.1. The Balaban J connectivity index is 2.35. The number of hydrogen-bond acceptors (Lipinski definition) is 1. The number of hydrogen-bond donors (Lipinski definition) is 3. The number of halogens is 2. The summed E-state index contributed by atoms with van der Waals surface area (Å²) in [6, 6.07) is 4.43. The lowest BCUT2D eigenvalue weighted by Crippen LogP contribution is -3.05. The molecule has 1 aromatic carbocycles. The average Bonchev–Trinajstić information content (AvgIpc) is 2.28. The molecule has 100 valence electrons. The second-order valence-corrected chi connectivity index (χ2v) is 5.16. The second kappa shape index (κ2) is 7.51. The lowest BCUT2D eigenvalue weighted by molar-refractivity contribution is -0.858. The van der Waals surface area contributed by atoms with Gasteiger partial charge in [-0.1, -0.05) is 11.6 Å². The normalized spacial score (nSPS) is 10.5. The van der Waals surface area contributed by atoms with E-state index in [9.17, 15) is 4.39 Å². The summed E-state index contributed by atoms with van der Waals surface area (Å²) in [5.74, 6) is -0.413. The van der Waals surface area contributed by atoms with Crippen molar-refractivity contribution < 1.29 is 9.29 Å². The van der Waals surface area contributed by atoms with Crippen molar-refractivity contribution in [3.8, 4) is 0 Å². The molecular formula is C12H18ClFN3S+. The fraction of sp³-hybridized carbons (Fsp3) is 0.417. The molecule has 0 heterocycles. The largest absolute Gasteiger partial charge is 0.362 e. The maximum atomic E-state index is 13.5. The van der Waals surface area contributed by atoms with Crippen molar-refractivity contribution >= 4 is 34.6 Å². The summed E-state index contributed by atoms with van der Waals surface area (Å²) >= 11 is 10.7. The number of rotatable bonds is 5. The van der Waals surface area contributed by atoms with Gasteiger partial charge in [-0.2, -0.15) is 0 Å².